The molecular formula is C33H38N2O5Si. The van der Waals surface area contributed by atoms with Crippen LogP contribution in [0.15, 0.2) is 78.9 Å². The number of benzene rings is 3. The minimum Gasteiger partial charge on any atom is -0.432 e. The van der Waals surface area contributed by atoms with E-state index >= 15 is 0 Å². The fourth-order valence-electron chi connectivity index (χ4n) is 7.49. The number of hydrogen-bond donors (Lipinski definition) is 2. The van der Waals surface area contributed by atoms with Crippen molar-refractivity contribution < 1.29 is 24.2 Å². The molecule has 3 aromatic carbocycles. The zero-order valence-electron chi connectivity index (χ0n) is 23.9. The summed E-state index contributed by atoms with van der Waals surface area (Å²) in [4.78, 5) is 43.5. The van der Waals surface area contributed by atoms with E-state index in [1.165, 1.54) is 0 Å². The van der Waals surface area contributed by atoms with Gasteiger partial charge in [0.25, 0.3) is 5.91 Å². The van der Waals surface area contributed by atoms with E-state index in [1.54, 1.807) is 9.80 Å². The van der Waals surface area contributed by atoms with Crippen molar-refractivity contribution in [3.63, 3.8) is 0 Å². The molecule has 214 valence electrons. The summed E-state index contributed by atoms with van der Waals surface area (Å²) in [6.45, 7) is 6.44. The lowest BCUT2D eigenvalue weighted by Gasteiger charge is -2.37. The Hall–Kier alpha value is -3.30. The van der Waals surface area contributed by atoms with Gasteiger partial charge in [-0.3, -0.25) is 9.59 Å². The van der Waals surface area contributed by atoms with Gasteiger partial charge in [-0.15, -0.1) is 0 Å². The summed E-state index contributed by atoms with van der Waals surface area (Å²) >= 11 is 0. The Balaban J connectivity index is 1.34. The minimum absolute atomic E-state index is 0.0422. The van der Waals surface area contributed by atoms with Gasteiger partial charge in [0.1, 0.15) is 0 Å². The monoisotopic (exact) mass is 570 g/mol. The molecule has 5 atom stereocenters. The highest BCUT2D eigenvalue weighted by molar-refractivity contribution is 6.71. The molecule has 0 aromatic heterocycles. The molecule has 0 bridgehead atoms. The molecule has 0 radical (unpaired) electrons. The van der Waals surface area contributed by atoms with E-state index in [9.17, 15) is 19.5 Å². The Morgan fingerprint density at radius 1 is 1.00 bits per heavy atom. The molecule has 7 nitrogen and oxygen atoms in total. The molecular weight excluding hydrogens is 532 g/mol. The first-order valence-corrected chi connectivity index (χ1v) is 17.5. The number of rotatable bonds is 6. The van der Waals surface area contributed by atoms with Crippen molar-refractivity contribution >= 4 is 25.8 Å². The number of nitrogens with zero attached hydrogens (tertiary/aromatic N) is 2. The number of hydrogen-bond acceptors (Lipinski definition) is 5. The first-order chi connectivity index (χ1) is 19.6. The van der Waals surface area contributed by atoms with Crippen molar-refractivity contribution in [2.24, 2.45) is 5.92 Å². The molecule has 0 aliphatic carbocycles. The van der Waals surface area contributed by atoms with Gasteiger partial charge in [0.2, 0.25) is 5.91 Å². The highest BCUT2D eigenvalue weighted by Gasteiger charge is 2.66. The largest absolute Gasteiger partial charge is 0.432 e. The summed E-state index contributed by atoms with van der Waals surface area (Å²) in [5.74, 6) is -0.610. The molecule has 3 aromatic rings. The third-order valence-corrected chi connectivity index (χ3v) is 11.8. The van der Waals surface area contributed by atoms with Crippen LogP contribution in [-0.2, 0) is 39.4 Å². The second-order valence-electron chi connectivity index (χ2n) is 12.3. The number of para-hydroxylation sites is 1. The summed E-state index contributed by atoms with van der Waals surface area (Å²) in [6, 6.07) is 25.3. The molecule has 8 heteroatoms. The van der Waals surface area contributed by atoms with Crippen LogP contribution in [0, 0.1) is 5.92 Å². The number of aliphatic hydroxyl groups excluding tert-OH is 1. The SMILES string of the molecule is C[C@H]1[C@H]([Si](C)(C)O)[C@@H](CC(=O)N2Cc3ccccc3C[C@H]2CO)O[C@]12C(=O)N(Cc1ccccc1)c1ccccc12. The number of amides is 2. The van der Waals surface area contributed by atoms with Crippen LogP contribution < -0.4 is 4.90 Å². The lowest BCUT2D eigenvalue weighted by atomic mass is 9.82. The van der Waals surface area contributed by atoms with Crippen molar-refractivity contribution in [1.82, 2.24) is 4.90 Å². The maximum absolute atomic E-state index is 14.4. The number of ether oxygens (including phenoxy) is 1. The zero-order chi connectivity index (χ0) is 28.9. The Bertz CT molecular complexity index is 1460. The van der Waals surface area contributed by atoms with E-state index in [4.69, 9.17) is 4.74 Å². The molecule has 3 heterocycles. The van der Waals surface area contributed by atoms with Gasteiger partial charge in [-0.2, -0.15) is 0 Å². The molecule has 1 saturated heterocycles. The molecule has 2 N–H and O–H groups in total. The fraction of sp³-hybridized carbons (Fsp3) is 0.394. The van der Waals surface area contributed by atoms with Gasteiger partial charge in [0.15, 0.2) is 13.9 Å². The van der Waals surface area contributed by atoms with E-state index in [-0.39, 0.29) is 42.3 Å². The highest BCUT2D eigenvalue weighted by Crippen LogP contribution is 2.59. The van der Waals surface area contributed by atoms with Crippen LogP contribution in [-0.4, -0.2) is 53.7 Å². The van der Waals surface area contributed by atoms with Crippen molar-refractivity contribution in [3.05, 3.63) is 101 Å². The predicted molar refractivity (Wildman–Crippen MR) is 159 cm³/mol. The normalized spacial score (nSPS) is 27.3. The lowest BCUT2D eigenvalue weighted by molar-refractivity contribution is -0.151. The van der Waals surface area contributed by atoms with Crippen LogP contribution in [0.5, 0.6) is 0 Å². The molecule has 41 heavy (non-hydrogen) atoms. The first kappa shape index (κ1) is 27.8. The smallest absolute Gasteiger partial charge is 0.264 e. The van der Waals surface area contributed by atoms with Crippen LogP contribution in [0.2, 0.25) is 18.6 Å². The van der Waals surface area contributed by atoms with Crippen LogP contribution in [0.25, 0.3) is 0 Å². The zero-order valence-corrected chi connectivity index (χ0v) is 24.9. The second-order valence-corrected chi connectivity index (χ2v) is 16.3. The van der Waals surface area contributed by atoms with Crippen molar-refractivity contribution in [2.45, 2.75) is 69.2 Å². The van der Waals surface area contributed by atoms with Gasteiger partial charge in [-0.25, -0.2) is 0 Å². The van der Waals surface area contributed by atoms with E-state index in [1.807, 2.05) is 98.9 Å². The van der Waals surface area contributed by atoms with Gasteiger partial charge in [-0.05, 0) is 42.3 Å². The number of fused-ring (bicyclic) bond motifs is 3. The van der Waals surface area contributed by atoms with E-state index in [0.29, 0.717) is 19.5 Å². The molecule has 3 aliphatic heterocycles. The highest BCUT2D eigenvalue weighted by atomic mass is 28.4. The Morgan fingerprint density at radius 3 is 2.37 bits per heavy atom. The summed E-state index contributed by atoms with van der Waals surface area (Å²) in [5.41, 5.74) is 3.22. The quantitative estimate of drug-likeness (QED) is 0.430. The summed E-state index contributed by atoms with van der Waals surface area (Å²) in [6.07, 6.45) is 0.00351. The fourth-order valence-corrected chi connectivity index (χ4v) is 10.0. The Labute approximate surface area is 242 Å². The third kappa shape index (κ3) is 4.63. The van der Waals surface area contributed by atoms with Crippen molar-refractivity contribution in [2.75, 3.05) is 11.5 Å². The van der Waals surface area contributed by atoms with E-state index in [2.05, 4.69) is 0 Å². The molecule has 1 spiro atoms. The maximum Gasteiger partial charge on any atom is 0.264 e. The molecule has 0 saturated carbocycles. The molecule has 3 aliphatic rings. The topological polar surface area (TPSA) is 90.3 Å². The average Bonchev–Trinajstić information content (AvgIpc) is 3.39. The van der Waals surface area contributed by atoms with Crippen LogP contribution in [0.1, 0.15) is 35.6 Å². The van der Waals surface area contributed by atoms with E-state index in [0.717, 1.165) is 27.9 Å². The molecule has 0 unspecified atom stereocenters. The van der Waals surface area contributed by atoms with Gasteiger partial charge < -0.3 is 24.4 Å². The second kappa shape index (κ2) is 10.5. The van der Waals surface area contributed by atoms with Gasteiger partial charge in [0.05, 0.1) is 37.4 Å². The maximum atomic E-state index is 14.4. The number of carbonyl (C=O) groups is 2. The predicted octanol–water partition coefficient (Wildman–Crippen LogP) is 4.37. The Morgan fingerprint density at radius 2 is 1.66 bits per heavy atom. The summed E-state index contributed by atoms with van der Waals surface area (Å²) in [5, 5.41) is 10.2. The number of anilines is 1. The standard InChI is InChI=1S/C33H38N2O5Si/c1-22-31(41(2,3)39)29(18-30(37)34-20-25-14-8-7-13-24(25)17-26(34)21-36)40-33(22)27-15-9-10-16-28(27)35(32(33)38)19-23-11-5-4-6-12-23/h4-16,22,26,29,31,36,39H,17-21H2,1-3H3/t22-,26-,29+,31-,33+/m0/s1. The third-order valence-electron chi connectivity index (χ3n) is 9.34. The lowest BCUT2D eigenvalue weighted by Crippen LogP contribution is -2.48. The molecule has 6 rings (SSSR count). The van der Waals surface area contributed by atoms with E-state index < -0.39 is 20.0 Å². The molecule has 2 amide bonds. The summed E-state index contributed by atoms with van der Waals surface area (Å²) < 4.78 is 6.84. The minimum atomic E-state index is -2.91. The van der Waals surface area contributed by atoms with Gasteiger partial charge in [0, 0.05) is 23.6 Å². The Kier molecular flexibility index (Phi) is 7.14. The van der Waals surface area contributed by atoms with Crippen molar-refractivity contribution in [3.8, 4) is 0 Å². The first-order valence-electron chi connectivity index (χ1n) is 14.5. The van der Waals surface area contributed by atoms with Crippen LogP contribution in [0.4, 0.5) is 5.69 Å². The molecule has 1 fully saturated rings. The van der Waals surface area contributed by atoms with Gasteiger partial charge >= 0.3 is 0 Å². The van der Waals surface area contributed by atoms with Crippen LogP contribution in [0.3, 0.4) is 0 Å². The van der Waals surface area contributed by atoms with Gasteiger partial charge in [-0.1, -0.05) is 79.7 Å². The van der Waals surface area contributed by atoms with Crippen molar-refractivity contribution in [1.29, 1.82) is 0 Å². The average molecular weight is 571 g/mol. The number of carbonyl (C=O) groups excluding carboxylic acids is 2. The summed E-state index contributed by atoms with van der Waals surface area (Å²) in [7, 11) is -2.91. The number of aliphatic hydroxyl groups is 1. The van der Waals surface area contributed by atoms with Crippen LogP contribution >= 0.6 is 0 Å².